The minimum absolute atomic E-state index is 0.107. The van der Waals surface area contributed by atoms with Crippen molar-refractivity contribution in [3.8, 4) is 5.75 Å². The second kappa shape index (κ2) is 5.44. The van der Waals surface area contributed by atoms with E-state index in [9.17, 15) is 4.79 Å². The molecule has 1 aromatic heterocycles. The zero-order valence-corrected chi connectivity index (χ0v) is 12.2. The molecule has 3 heteroatoms. The van der Waals surface area contributed by atoms with Crippen molar-refractivity contribution in [1.82, 2.24) is 4.57 Å². The minimum Gasteiger partial charge on any atom is -0.496 e. The number of hydrogen-bond acceptors (Lipinski definition) is 2. The van der Waals surface area contributed by atoms with Crippen LogP contribution in [0.25, 0.3) is 10.9 Å². The van der Waals surface area contributed by atoms with Gasteiger partial charge in [-0.25, -0.2) is 0 Å². The lowest BCUT2D eigenvalue weighted by Gasteiger charge is -2.07. The first-order chi connectivity index (χ1) is 10.2. The largest absolute Gasteiger partial charge is 0.496 e. The third-order valence-corrected chi connectivity index (χ3v) is 3.68. The van der Waals surface area contributed by atoms with E-state index in [0.29, 0.717) is 6.54 Å². The number of rotatable bonds is 4. The van der Waals surface area contributed by atoms with Crippen molar-refractivity contribution >= 4 is 16.7 Å². The zero-order chi connectivity index (χ0) is 14.8. The van der Waals surface area contributed by atoms with Gasteiger partial charge in [0.1, 0.15) is 5.75 Å². The van der Waals surface area contributed by atoms with Gasteiger partial charge in [0.2, 0.25) is 0 Å². The normalized spacial score (nSPS) is 10.8. The van der Waals surface area contributed by atoms with Gasteiger partial charge in [-0.1, -0.05) is 35.9 Å². The second-order valence-corrected chi connectivity index (χ2v) is 5.13. The van der Waals surface area contributed by atoms with Gasteiger partial charge in [-0.15, -0.1) is 0 Å². The summed E-state index contributed by atoms with van der Waals surface area (Å²) in [6, 6.07) is 15.5. The molecule has 3 aromatic rings. The molecule has 0 saturated carbocycles. The highest BCUT2D eigenvalue weighted by molar-refractivity contribution is 5.97. The fraction of sp³-hybridized carbons (Fsp3) is 0.167. The summed E-state index contributed by atoms with van der Waals surface area (Å²) in [5, 5.41) is 1.02. The van der Waals surface area contributed by atoms with Crippen LogP contribution in [-0.2, 0) is 6.54 Å². The lowest BCUT2D eigenvalue weighted by Crippen LogP contribution is -2.09. The predicted octanol–water partition coefficient (Wildman–Crippen LogP) is 3.84. The molecule has 0 saturated heterocycles. The maximum atomic E-state index is 12.4. The van der Waals surface area contributed by atoms with Gasteiger partial charge in [-0.05, 0) is 25.1 Å². The first-order valence-corrected chi connectivity index (χ1v) is 6.91. The Hall–Kier alpha value is -2.55. The van der Waals surface area contributed by atoms with E-state index >= 15 is 0 Å². The number of carbonyl (C=O) groups is 1. The van der Waals surface area contributed by atoms with Crippen LogP contribution >= 0.6 is 0 Å². The quantitative estimate of drug-likeness (QED) is 0.679. The number of benzene rings is 2. The Morgan fingerprint density at radius 2 is 1.86 bits per heavy atom. The van der Waals surface area contributed by atoms with Gasteiger partial charge < -0.3 is 9.30 Å². The molecule has 0 aliphatic carbocycles. The number of ether oxygens (including phenoxy) is 1. The molecule has 0 amide bonds. The standard InChI is InChI=1S/C18H17NO2/c1-13-6-8-14(9-7-13)17(20)12-19-11-10-15-16(19)4-3-5-18(15)21-2/h3-11H,12H2,1-2H3. The molecule has 21 heavy (non-hydrogen) atoms. The molecule has 106 valence electrons. The lowest BCUT2D eigenvalue weighted by atomic mass is 10.1. The SMILES string of the molecule is COc1cccc2c1ccn2CC(=O)c1ccc(C)cc1. The Balaban J connectivity index is 1.91. The van der Waals surface area contributed by atoms with E-state index in [1.807, 2.05) is 66.2 Å². The first-order valence-electron chi connectivity index (χ1n) is 6.91. The fourth-order valence-electron chi connectivity index (χ4n) is 2.50. The smallest absolute Gasteiger partial charge is 0.182 e. The zero-order valence-electron chi connectivity index (χ0n) is 12.2. The van der Waals surface area contributed by atoms with Gasteiger partial charge in [-0.2, -0.15) is 0 Å². The number of ketones is 1. The van der Waals surface area contributed by atoms with Crippen LogP contribution in [0.4, 0.5) is 0 Å². The Labute approximate surface area is 123 Å². The third-order valence-electron chi connectivity index (χ3n) is 3.68. The Morgan fingerprint density at radius 3 is 2.57 bits per heavy atom. The van der Waals surface area contributed by atoms with Crippen LogP contribution in [0.2, 0.25) is 0 Å². The van der Waals surface area contributed by atoms with Gasteiger partial charge in [0.05, 0.1) is 19.2 Å². The van der Waals surface area contributed by atoms with E-state index in [2.05, 4.69) is 0 Å². The van der Waals surface area contributed by atoms with Crippen molar-refractivity contribution in [3.63, 3.8) is 0 Å². The van der Waals surface area contributed by atoms with Crippen molar-refractivity contribution in [1.29, 1.82) is 0 Å². The van der Waals surface area contributed by atoms with Gasteiger partial charge in [-0.3, -0.25) is 4.79 Å². The molecule has 2 aromatic carbocycles. The van der Waals surface area contributed by atoms with E-state index in [-0.39, 0.29) is 5.78 Å². The highest BCUT2D eigenvalue weighted by Crippen LogP contribution is 2.26. The van der Waals surface area contributed by atoms with Crippen molar-refractivity contribution in [2.75, 3.05) is 7.11 Å². The molecule has 0 fully saturated rings. The summed E-state index contributed by atoms with van der Waals surface area (Å²) < 4.78 is 7.30. The van der Waals surface area contributed by atoms with Crippen molar-refractivity contribution in [2.24, 2.45) is 0 Å². The highest BCUT2D eigenvalue weighted by atomic mass is 16.5. The van der Waals surface area contributed by atoms with E-state index in [4.69, 9.17) is 4.74 Å². The average Bonchev–Trinajstić information content (AvgIpc) is 2.91. The molecule has 0 N–H and O–H groups in total. The number of hydrogen-bond donors (Lipinski definition) is 0. The van der Waals surface area contributed by atoms with Crippen LogP contribution in [0, 0.1) is 6.92 Å². The summed E-state index contributed by atoms with van der Waals surface area (Å²) in [4.78, 5) is 12.4. The fourth-order valence-corrected chi connectivity index (χ4v) is 2.50. The number of aromatic nitrogens is 1. The van der Waals surface area contributed by atoms with Crippen molar-refractivity contribution < 1.29 is 9.53 Å². The van der Waals surface area contributed by atoms with Gasteiger partial charge in [0.15, 0.2) is 5.78 Å². The van der Waals surface area contributed by atoms with Gasteiger partial charge in [0.25, 0.3) is 0 Å². The number of Topliss-reactive ketones (excluding diaryl/α,β-unsaturated/α-hetero) is 1. The number of aryl methyl sites for hydroxylation is 1. The number of methoxy groups -OCH3 is 1. The predicted molar refractivity (Wildman–Crippen MR) is 84.0 cm³/mol. The molecular weight excluding hydrogens is 262 g/mol. The molecule has 3 rings (SSSR count). The van der Waals surface area contributed by atoms with E-state index in [1.54, 1.807) is 7.11 Å². The molecule has 1 heterocycles. The Morgan fingerprint density at radius 1 is 1.10 bits per heavy atom. The van der Waals surface area contributed by atoms with Crippen LogP contribution in [0.5, 0.6) is 5.75 Å². The Bertz CT molecular complexity index is 785. The maximum absolute atomic E-state index is 12.4. The summed E-state index contributed by atoms with van der Waals surface area (Å²) in [7, 11) is 1.66. The minimum atomic E-state index is 0.107. The number of nitrogens with zero attached hydrogens (tertiary/aromatic N) is 1. The Kier molecular flexibility index (Phi) is 3.48. The molecule has 0 aliphatic heterocycles. The monoisotopic (exact) mass is 279 g/mol. The van der Waals surface area contributed by atoms with Crippen LogP contribution in [0.15, 0.2) is 54.7 Å². The van der Waals surface area contributed by atoms with Crippen LogP contribution in [-0.4, -0.2) is 17.5 Å². The summed E-state index contributed by atoms with van der Waals surface area (Å²) in [5.41, 5.74) is 2.91. The summed E-state index contributed by atoms with van der Waals surface area (Å²) in [6.45, 7) is 2.35. The average molecular weight is 279 g/mol. The van der Waals surface area contributed by atoms with E-state index in [0.717, 1.165) is 27.8 Å². The van der Waals surface area contributed by atoms with Gasteiger partial charge >= 0.3 is 0 Å². The molecule has 0 radical (unpaired) electrons. The van der Waals surface area contributed by atoms with Gasteiger partial charge in [0, 0.05) is 17.1 Å². The molecule has 0 bridgehead atoms. The highest BCUT2D eigenvalue weighted by Gasteiger charge is 2.10. The maximum Gasteiger partial charge on any atom is 0.182 e. The third kappa shape index (κ3) is 2.55. The molecule has 0 aliphatic rings. The van der Waals surface area contributed by atoms with E-state index in [1.165, 1.54) is 0 Å². The van der Waals surface area contributed by atoms with E-state index < -0.39 is 0 Å². The van der Waals surface area contributed by atoms with Crippen molar-refractivity contribution in [2.45, 2.75) is 13.5 Å². The summed E-state index contributed by atoms with van der Waals surface area (Å²) in [5.74, 6) is 0.935. The lowest BCUT2D eigenvalue weighted by molar-refractivity contribution is 0.0973. The number of carbonyl (C=O) groups excluding carboxylic acids is 1. The molecule has 0 spiro atoms. The molecule has 3 nitrogen and oxygen atoms in total. The second-order valence-electron chi connectivity index (χ2n) is 5.13. The number of fused-ring (bicyclic) bond motifs is 1. The molecular formula is C18H17NO2. The van der Waals surface area contributed by atoms with Crippen LogP contribution in [0.3, 0.4) is 0 Å². The molecule has 0 unspecified atom stereocenters. The first kappa shape index (κ1) is 13.4. The topological polar surface area (TPSA) is 31.2 Å². The summed E-state index contributed by atoms with van der Waals surface area (Å²) in [6.07, 6.45) is 1.93. The summed E-state index contributed by atoms with van der Waals surface area (Å²) >= 11 is 0. The van der Waals surface area contributed by atoms with Crippen LogP contribution < -0.4 is 4.74 Å². The molecule has 0 atom stereocenters. The van der Waals surface area contributed by atoms with Crippen LogP contribution in [0.1, 0.15) is 15.9 Å². The van der Waals surface area contributed by atoms with Crippen molar-refractivity contribution in [3.05, 3.63) is 65.9 Å².